The minimum Gasteiger partial charge on any atom is -0.494 e. The first-order valence-corrected chi connectivity index (χ1v) is 13.4. The Morgan fingerprint density at radius 3 is 2.78 bits per heavy atom. The Kier molecular flexibility index (Phi) is 7.33. The van der Waals surface area contributed by atoms with Gasteiger partial charge in [-0.1, -0.05) is 11.3 Å². The highest BCUT2D eigenvalue weighted by Crippen LogP contribution is 2.35. The SMILES string of the molecule is CCOc1ccc2nc(N(CC3CCCO3)C(=O)c3ccc(N4CCCCC4)c([N+](=O)[O-])c3)sc2c1. The molecule has 2 aliphatic rings. The van der Waals surface area contributed by atoms with Crippen LogP contribution < -0.4 is 14.5 Å². The summed E-state index contributed by atoms with van der Waals surface area (Å²) >= 11 is 1.40. The molecular weight excluding hydrogens is 480 g/mol. The minimum atomic E-state index is -0.391. The summed E-state index contributed by atoms with van der Waals surface area (Å²) in [6.07, 6.45) is 4.86. The summed E-state index contributed by atoms with van der Waals surface area (Å²) in [6, 6.07) is 10.5. The maximum atomic E-state index is 13.8. The van der Waals surface area contributed by atoms with Crippen LogP contribution in [0.1, 0.15) is 49.4 Å². The summed E-state index contributed by atoms with van der Waals surface area (Å²) < 4.78 is 12.3. The highest BCUT2D eigenvalue weighted by Gasteiger charge is 2.29. The first-order valence-electron chi connectivity index (χ1n) is 12.5. The molecule has 1 unspecified atom stereocenters. The van der Waals surface area contributed by atoms with Gasteiger partial charge in [-0.25, -0.2) is 4.98 Å². The highest BCUT2D eigenvalue weighted by atomic mass is 32.1. The van der Waals surface area contributed by atoms with Gasteiger partial charge in [-0.3, -0.25) is 19.8 Å². The zero-order valence-electron chi connectivity index (χ0n) is 20.4. The van der Waals surface area contributed by atoms with Crippen molar-refractivity contribution in [2.75, 3.05) is 42.6 Å². The monoisotopic (exact) mass is 510 g/mol. The third-order valence-electron chi connectivity index (χ3n) is 6.66. The van der Waals surface area contributed by atoms with E-state index in [1.165, 1.54) is 17.4 Å². The Balaban J connectivity index is 1.49. The van der Waals surface area contributed by atoms with E-state index in [4.69, 9.17) is 14.5 Å². The molecule has 9 nitrogen and oxygen atoms in total. The van der Waals surface area contributed by atoms with Crippen LogP contribution in [0.25, 0.3) is 10.2 Å². The number of nitrogens with zero attached hydrogens (tertiary/aromatic N) is 4. The maximum Gasteiger partial charge on any atom is 0.293 e. The molecule has 36 heavy (non-hydrogen) atoms. The topological polar surface area (TPSA) is 98.0 Å². The number of aromatic nitrogens is 1. The van der Waals surface area contributed by atoms with Crippen molar-refractivity contribution in [3.63, 3.8) is 0 Å². The molecule has 2 aromatic carbocycles. The van der Waals surface area contributed by atoms with Gasteiger partial charge in [0.1, 0.15) is 11.4 Å². The van der Waals surface area contributed by atoms with Gasteiger partial charge in [0.05, 0.1) is 34.4 Å². The molecule has 1 amide bonds. The Bertz CT molecular complexity index is 1250. The largest absolute Gasteiger partial charge is 0.494 e. The fraction of sp³-hybridized carbons (Fsp3) is 0.462. The van der Waals surface area contributed by atoms with E-state index in [1.54, 1.807) is 17.0 Å². The number of thiazole rings is 1. The second-order valence-electron chi connectivity index (χ2n) is 9.12. The van der Waals surface area contributed by atoms with E-state index in [2.05, 4.69) is 0 Å². The second-order valence-corrected chi connectivity index (χ2v) is 10.1. The third kappa shape index (κ3) is 5.15. The molecule has 0 aliphatic carbocycles. The smallest absolute Gasteiger partial charge is 0.293 e. The number of fused-ring (bicyclic) bond motifs is 1. The molecule has 0 bridgehead atoms. The third-order valence-corrected chi connectivity index (χ3v) is 7.70. The Morgan fingerprint density at radius 1 is 1.22 bits per heavy atom. The number of nitro benzene ring substituents is 1. The predicted molar refractivity (Wildman–Crippen MR) is 141 cm³/mol. The van der Waals surface area contributed by atoms with Crippen molar-refractivity contribution in [3.05, 3.63) is 52.1 Å². The number of carbonyl (C=O) groups is 1. The van der Waals surface area contributed by atoms with Crippen molar-refractivity contribution in [2.45, 2.75) is 45.1 Å². The van der Waals surface area contributed by atoms with Gasteiger partial charge in [0.2, 0.25) is 0 Å². The van der Waals surface area contributed by atoms with Gasteiger partial charge >= 0.3 is 0 Å². The van der Waals surface area contributed by atoms with E-state index in [9.17, 15) is 14.9 Å². The van der Waals surface area contributed by atoms with E-state index in [0.29, 0.717) is 30.6 Å². The van der Waals surface area contributed by atoms with Gasteiger partial charge in [0.25, 0.3) is 11.6 Å². The van der Waals surface area contributed by atoms with Gasteiger partial charge in [0, 0.05) is 31.3 Å². The Morgan fingerprint density at radius 2 is 2.06 bits per heavy atom. The Hall–Kier alpha value is -3.24. The van der Waals surface area contributed by atoms with E-state index in [1.807, 2.05) is 30.0 Å². The molecule has 0 saturated carbocycles. The highest BCUT2D eigenvalue weighted by molar-refractivity contribution is 7.22. The molecule has 3 heterocycles. The molecule has 1 aromatic heterocycles. The van der Waals surface area contributed by atoms with Crippen molar-refractivity contribution in [3.8, 4) is 5.75 Å². The minimum absolute atomic E-state index is 0.0366. The van der Waals surface area contributed by atoms with Crippen molar-refractivity contribution in [1.82, 2.24) is 4.98 Å². The number of amides is 1. The van der Waals surface area contributed by atoms with Crippen LogP contribution in [0.2, 0.25) is 0 Å². The normalized spacial score (nSPS) is 17.9. The van der Waals surface area contributed by atoms with Crippen LogP contribution in [0, 0.1) is 10.1 Å². The summed E-state index contributed by atoms with van der Waals surface area (Å²) in [5.41, 5.74) is 1.58. The number of piperidine rings is 1. The molecule has 190 valence electrons. The van der Waals surface area contributed by atoms with Crippen LogP contribution in [0.3, 0.4) is 0 Å². The van der Waals surface area contributed by atoms with Crippen molar-refractivity contribution >= 4 is 44.0 Å². The van der Waals surface area contributed by atoms with Crippen molar-refractivity contribution in [2.24, 2.45) is 0 Å². The summed E-state index contributed by atoms with van der Waals surface area (Å²) in [7, 11) is 0. The molecule has 2 saturated heterocycles. The molecule has 10 heteroatoms. The fourth-order valence-corrected chi connectivity index (χ4v) is 5.87. The van der Waals surface area contributed by atoms with E-state index < -0.39 is 4.92 Å². The van der Waals surface area contributed by atoms with Crippen LogP contribution in [-0.4, -0.2) is 54.8 Å². The summed E-state index contributed by atoms with van der Waals surface area (Å²) in [5.74, 6) is 0.434. The summed E-state index contributed by atoms with van der Waals surface area (Å²) in [4.78, 5) is 33.8. The molecule has 0 radical (unpaired) electrons. The van der Waals surface area contributed by atoms with Crippen LogP contribution >= 0.6 is 11.3 Å². The number of benzene rings is 2. The average molecular weight is 511 g/mol. The van der Waals surface area contributed by atoms with Crippen LogP contribution in [0.5, 0.6) is 5.75 Å². The van der Waals surface area contributed by atoms with E-state index in [0.717, 1.165) is 61.2 Å². The van der Waals surface area contributed by atoms with Gasteiger partial charge < -0.3 is 14.4 Å². The lowest BCUT2D eigenvalue weighted by molar-refractivity contribution is -0.384. The zero-order chi connectivity index (χ0) is 25.1. The van der Waals surface area contributed by atoms with E-state index >= 15 is 0 Å². The molecule has 0 spiro atoms. The number of rotatable bonds is 8. The van der Waals surface area contributed by atoms with Gasteiger partial charge in [-0.15, -0.1) is 0 Å². The molecule has 2 fully saturated rings. The molecular formula is C26H30N4O5S. The lowest BCUT2D eigenvalue weighted by Gasteiger charge is -2.28. The molecule has 2 aliphatic heterocycles. The van der Waals surface area contributed by atoms with Crippen LogP contribution in [0.4, 0.5) is 16.5 Å². The standard InChI is InChI=1S/C26H30N4O5S/c1-2-34-19-9-10-21-24(16-19)36-26(27-21)29(17-20-7-6-14-35-20)25(31)18-8-11-22(23(15-18)30(32)33)28-12-4-3-5-13-28/h8-11,15-16,20H,2-7,12-14,17H2,1H3. The van der Waals surface area contributed by atoms with E-state index in [-0.39, 0.29) is 23.3 Å². The average Bonchev–Trinajstić information content (AvgIpc) is 3.57. The van der Waals surface area contributed by atoms with Crippen molar-refractivity contribution < 1.29 is 19.2 Å². The van der Waals surface area contributed by atoms with Gasteiger partial charge in [-0.05, 0) is 69.4 Å². The molecule has 5 rings (SSSR count). The zero-order valence-corrected chi connectivity index (χ0v) is 21.2. The summed E-state index contributed by atoms with van der Waals surface area (Å²) in [5, 5.41) is 12.5. The first kappa shape index (κ1) is 24.5. The maximum absolute atomic E-state index is 13.8. The quantitative estimate of drug-likeness (QED) is 0.295. The molecule has 3 aromatic rings. The van der Waals surface area contributed by atoms with Crippen LogP contribution in [-0.2, 0) is 4.74 Å². The van der Waals surface area contributed by atoms with Gasteiger partial charge in [0.15, 0.2) is 5.13 Å². The van der Waals surface area contributed by atoms with Crippen LogP contribution in [0.15, 0.2) is 36.4 Å². The number of carbonyl (C=O) groups excluding carboxylic acids is 1. The lowest BCUT2D eigenvalue weighted by atomic mass is 10.1. The number of hydrogen-bond donors (Lipinski definition) is 0. The Labute approximate surface area is 213 Å². The number of hydrogen-bond acceptors (Lipinski definition) is 8. The lowest BCUT2D eigenvalue weighted by Crippen LogP contribution is -2.37. The number of nitro groups is 1. The molecule has 1 atom stereocenters. The summed E-state index contributed by atoms with van der Waals surface area (Å²) in [6.45, 7) is 5.08. The fourth-order valence-electron chi connectivity index (χ4n) is 4.87. The second kappa shape index (κ2) is 10.8. The van der Waals surface area contributed by atoms with Crippen molar-refractivity contribution in [1.29, 1.82) is 0 Å². The predicted octanol–water partition coefficient (Wildman–Crippen LogP) is 5.42. The molecule has 0 N–H and O–H groups in total. The van der Waals surface area contributed by atoms with Gasteiger partial charge in [-0.2, -0.15) is 0 Å². The number of anilines is 2. The first-order chi connectivity index (χ1) is 17.5. The number of ether oxygens (including phenoxy) is 2.